The van der Waals surface area contributed by atoms with Crippen molar-refractivity contribution >= 4 is 27.3 Å². The molecular formula is C15H17BrO2S. The SMILES string of the molecule is CCc1ccc(CC(O)c2cc(Br)ccc2OC)s1. The molecule has 0 saturated carbocycles. The number of halogens is 1. The molecular weight excluding hydrogens is 324 g/mol. The van der Waals surface area contributed by atoms with Crippen molar-refractivity contribution in [3.63, 3.8) is 0 Å². The molecule has 4 heteroatoms. The molecule has 0 bridgehead atoms. The summed E-state index contributed by atoms with van der Waals surface area (Å²) in [7, 11) is 1.62. The molecule has 0 aliphatic heterocycles. The highest BCUT2D eigenvalue weighted by molar-refractivity contribution is 9.10. The van der Waals surface area contributed by atoms with Crippen LogP contribution in [0.5, 0.6) is 5.75 Å². The second-order valence-corrected chi connectivity index (χ2v) is 6.50. The summed E-state index contributed by atoms with van der Waals surface area (Å²) in [4.78, 5) is 2.55. The molecule has 0 amide bonds. The normalized spacial score (nSPS) is 12.4. The molecule has 0 saturated heterocycles. The number of rotatable bonds is 5. The van der Waals surface area contributed by atoms with Crippen LogP contribution in [0.2, 0.25) is 0 Å². The Kier molecular flexibility index (Phi) is 5.02. The van der Waals surface area contributed by atoms with Crippen LogP contribution >= 0.6 is 27.3 Å². The van der Waals surface area contributed by atoms with Gasteiger partial charge in [0.1, 0.15) is 5.75 Å². The van der Waals surface area contributed by atoms with E-state index in [1.807, 2.05) is 18.2 Å². The molecule has 2 rings (SSSR count). The highest BCUT2D eigenvalue weighted by Crippen LogP contribution is 2.31. The van der Waals surface area contributed by atoms with E-state index < -0.39 is 6.10 Å². The zero-order valence-electron chi connectivity index (χ0n) is 11.0. The molecule has 1 unspecified atom stereocenters. The zero-order chi connectivity index (χ0) is 13.8. The van der Waals surface area contributed by atoms with Crippen LogP contribution in [-0.2, 0) is 12.8 Å². The van der Waals surface area contributed by atoms with Crippen molar-refractivity contribution in [1.29, 1.82) is 0 Å². The van der Waals surface area contributed by atoms with Gasteiger partial charge in [0.2, 0.25) is 0 Å². The third-order valence-corrected chi connectivity index (χ3v) is 4.76. The van der Waals surface area contributed by atoms with Crippen LogP contribution in [0.4, 0.5) is 0 Å². The van der Waals surface area contributed by atoms with E-state index in [-0.39, 0.29) is 0 Å². The number of benzene rings is 1. The molecule has 0 aliphatic carbocycles. The van der Waals surface area contributed by atoms with Crippen LogP contribution in [0.3, 0.4) is 0 Å². The largest absolute Gasteiger partial charge is 0.496 e. The lowest BCUT2D eigenvalue weighted by Gasteiger charge is -2.14. The fourth-order valence-corrected chi connectivity index (χ4v) is 3.36. The molecule has 1 aromatic carbocycles. The summed E-state index contributed by atoms with van der Waals surface area (Å²) in [5, 5.41) is 10.4. The van der Waals surface area contributed by atoms with Crippen molar-refractivity contribution in [3.05, 3.63) is 50.1 Å². The summed E-state index contributed by atoms with van der Waals surface area (Å²) in [6, 6.07) is 9.92. The van der Waals surface area contributed by atoms with Gasteiger partial charge in [0.25, 0.3) is 0 Å². The van der Waals surface area contributed by atoms with E-state index in [1.165, 1.54) is 9.75 Å². The third-order valence-electron chi connectivity index (χ3n) is 3.01. The Morgan fingerprint density at radius 1 is 1.26 bits per heavy atom. The number of hydrogen-bond acceptors (Lipinski definition) is 3. The molecule has 0 radical (unpaired) electrons. The van der Waals surface area contributed by atoms with Gasteiger partial charge in [-0.2, -0.15) is 0 Å². The van der Waals surface area contributed by atoms with Gasteiger partial charge < -0.3 is 9.84 Å². The summed E-state index contributed by atoms with van der Waals surface area (Å²) < 4.78 is 6.26. The number of methoxy groups -OCH3 is 1. The van der Waals surface area contributed by atoms with Gasteiger partial charge in [-0.25, -0.2) is 0 Å². The third kappa shape index (κ3) is 3.59. The van der Waals surface area contributed by atoms with Gasteiger partial charge in [-0.15, -0.1) is 11.3 Å². The first kappa shape index (κ1) is 14.6. The molecule has 0 spiro atoms. The van der Waals surface area contributed by atoms with Crippen LogP contribution in [0.1, 0.15) is 28.3 Å². The number of hydrogen-bond donors (Lipinski definition) is 1. The summed E-state index contributed by atoms with van der Waals surface area (Å²) in [6.45, 7) is 2.14. The quantitative estimate of drug-likeness (QED) is 0.876. The van der Waals surface area contributed by atoms with Gasteiger partial charge in [0.15, 0.2) is 0 Å². The zero-order valence-corrected chi connectivity index (χ0v) is 13.4. The average Bonchev–Trinajstić information content (AvgIpc) is 2.86. The molecule has 1 atom stereocenters. The molecule has 2 aromatic rings. The van der Waals surface area contributed by atoms with E-state index in [2.05, 4.69) is 35.0 Å². The minimum absolute atomic E-state index is 0.546. The van der Waals surface area contributed by atoms with E-state index in [0.29, 0.717) is 6.42 Å². The van der Waals surface area contributed by atoms with Gasteiger partial charge in [-0.3, -0.25) is 0 Å². The van der Waals surface area contributed by atoms with Crippen LogP contribution in [0.15, 0.2) is 34.8 Å². The Morgan fingerprint density at radius 2 is 2.00 bits per heavy atom. The maximum atomic E-state index is 10.4. The molecule has 0 fully saturated rings. The summed E-state index contributed by atoms with van der Waals surface area (Å²) >= 11 is 5.19. The van der Waals surface area contributed by atoms with E-state index in [0.717, 1.165) is 22.2 Å². The van der Waals surface area contributed by atoms with Crippen molar-refractivity contribution in [2.24, 2.45) is 0 Å². The van der Waals surface area contributed by atoms with Crippen molar-refractivity contribution in [2.75, 3.05) is 7.11 Å². The summed E-state index contributed by atoms with van der Waals surface area (Å²) in [5.74, 6) is 0.725. The second-order valence-electron chi connectivity index (χ2n) is 4.33. The van der Waals surface area contributed by atoms with E-state index in [9.17, 15) is 5.11 Å². The fourth-order valence-electron chi connectivity index (χ4n) is 1.99. The number of ether oxygens (including phenoxy) is 1. The smallest absolute Gasteiger partial charge is 0.124 e. The minimum atomic E-state index is -0.546. The monoisotopic (exact) mass is 340 g/mol. The van der Waals surface area contributed by atoms with Gasteiger partial charge in [0.05, 0.1) is 13.2 Å². The highest BCUT2D eigenvalue weighted by Gasteiger charge is 2.15. The van der Waals surface area contributed by atoms with Crippen LogP contribution < -0.4 is 4.74 Å². The first-order chi connectivity index (χ1) is 9.13. The molecule has 19 heavy (non-hydrogen) atoms. The molecule has 2 nitrogen and oxygen atoms in total. The fraction of sp³-hybridized carbons (Fsp3) is 0.333. The average molecular weight is 341 g/mol. The van der Waals surface area contributed by atoms with Crippen molar-refractivity contribution in [2.45, 2.75) is 25.9 Å². The predicted octanol–water partition coefficient (Wildman–Crippen LogP) is 4.36. The number of thiophene rings is 1. The Morgan fingerprint density at radius 3 is 2.63 bits per heavy atom. The van der Waals surface area contributed by atoms with Gasteiger partial charge >= 0.3 is 0 Å². The maximum absolute atomic E-state index is 10.4. The van der Waals surface area contributed by atoms with Gasteiger partial charge in [0, 0.05) is 26.2 Å². The van der Waals surface area contributed by atoms with E-state index in [1.54, 1.807) is 18.4 Å². The van der Waals surface area contributed by atoms with Crippen LogP contribution in [-0.4, -0.2) is 12.2 Å². The van der Waals surface area contributed by atoms with Crippen LogP contribution in [0, 0.1) is 0 Å². The maximum Gasteiger partial charge on any atom is 0.124 e. The Bertz CT molecular complexity index is 551. The Balaban J connectivity index is 2.19. The molecule has 1 aromatic heterocycles. The van der Waals surface area contributed by atoms with E-state index in [4.69, 9.17) is 4.74 Å². The lowest BCUT2D eigenvalue weighted by atomic mass is 10.0. The minimum Gasteiger partial charge on any atom is -0.496 e. The van der Waals surface area contributed by atoms with Crippen molar-refractivity contribution in [1.82, 2.24) is 0 Å². The van der Waals surface area contributed by atoms with Crippen molar-refractivity contribution in [3.8, 4) is 5.75 Å². The van der Waals surface area contributed by atoms with Gasteiger partial charge in [-0.1, -0.05) is 22.9 Å². The number of aliphatic hydroxyl groups excluding tert-OH is 1. The molecule has 1 heterocycles. The first-order valence-corrected chi connectivity index (χ1v) is 7.84. The standard InChI is InChI=1S/C15H17BrO2S/c1-3-11-5-6-12(19-11)9-14(17)13-8-10(16)4-7-15(13)18-2/h4-8,14,17H,3,9H2,1-2H3. The lowest BCUT2D eigenvalue weighted by Crippen LogP contribution is -2.03. The Labute approximate surface area is 126 Å². The molecule has 102 valence electrons. The second kappa shape index (κ2) is 6.55. The summed E-state index contributed by atoms with van der Waals surface area (Å²) in [6.07, 6.45) is 1.12. The topological polar surface area (TPSA) is 29.5 Å². The molecule has 0 aliphatic rings. The molecule has 1 N–H and O–H groups in total. The van der Waals surface area contributed by atoms with Crippen LogP contribution in [0.25, 0.3) is 0 Å². The van der Waals surface area contributed by atoms with Gasteiger partial charge in [-0.05, 0) is 36.8 Å². The number of aliphatic hydroxyl groups is 1. The number of aryl methyl sites for hydroxylation is 1. The summed E-state index contributed by atoms with van der Waals surface area (Å²) in [5.41, 5.74) is 0.823. The van der Waals surface area contributed by atoms with E-state index >= 15 is 0 Å². The predicted molar refractivity (Wildman–Crippen MR) is 83.1 cm³/mol. The highest BCUT2D eigenvalue weighted by atomic mass is 79.9. The first-order valence-electron chi connectivity index (χ1n) is 6.23. The van der Waals surface area contributed by atoms with Crippen molar-refractivity contribution < 1.29 is 9.84 Å². The Hall–Kier alpha value is -0.840. The lowest BCUT2D eigenvalue weighted by molar-refractivity contribution is 0.175.